The molecule has 0 heterocycles. The molecule has 0 saturated heterocycles. The van der Waals surface area contributed by atoms with Gasteiger partial charge in [-0.15, -0.1) is 0 Å². The second-order valence-electron chi connectivity index (χ2n) is 9.53. The lowest BCUT2D eigenvalue weighted by molar-refractivity contribution is -0.120. The zero-order valence-corrected chi connectivity index (χ0v) is 21.2. The molecule has 1 aromatic carbocycles. The number of Topliss-reactive ketones (excluding diaryl/α,β-unsaturated/α-hetero) is 1. The third-order valence-electron chi connectivity index (χ3n) is 7.13. The number of hydrogen-bond donors (Lipinski definition) is 0. The number of ketones is 1. The van der Waals surface area contributed by atoms with Gasteiger partial charge in [0.05, 0.1) is 0 Å². The van der Waals surface area contributed by atoms with Gasteiger partial charge >= 0.3 is 0 Å². The van der Waals surface area contributed by atoms with E-state index in [9.17, 15) is 4.79 Å². The maximum atomic E-state index is 12.6. The second kappa shape index (κ2) is 15.0. The molecule has 1 nitrogen and oxygen atoms in total. The Hall–Kier alpha value is -1.89. The predicted molar refractivity (Wildman–Crippen MR) is 140 cm³/mol. The fourth-order valence-corrected chi connectivity index (χ4v) is 5.14. The molecule has 1 aliphatic carbocycles. The van der Waals surface area contributed by atoms with Crippen LogP contribution in [-0.4, -0.2) is 5.78 Å². The number of hydrogen-bond acceptors (Lipinski definition) is 1. The average molecular weight is 435 g/mol. The Morgan fingerprint density at radius 2 is 1.84 bits per heavy atom. The summed E-state index contributed by atoms with van der Waals surface area (Å²) in [6.07, 6.45) is 22.3. The van der Waals surface area contributed by atoms with Crippen LogP contribution in [0.25, 0.3) is 0 Å². The van der Waals surface area contributed by atoms with Crippen molar-refractivity contribution in [3.63, 3.8) is 0 Å². The van der Waals surface area contributed by atoms with Gasteiger partial charge in [-0.05, 0) is 73.1 Å². The van der Waals surface area contributed by atoms with Gasteiger partial charge in [-0.2, -0.15) is 0 Å². The van der Waals surface area contributed by atoms with Crippen molar-refractivity contribution in [1.29, 1.82) is 0 Å². The van der Waals surface area contributed by atoms with E-state index in [1.54, 1.807) is 5.57 Å². The van der Waals surface area contributed by atoms with Crippen molar-refractivity contribution in [2.45, 2.75) is 105 Å². The second-order valence-corrected chi connectivity index (χ2v) is 9.53. The highest BCUT2D eigenvalue weighted by atomic mass is 16.1. The first-order chi connectivity index (χ1) is 15.6. The molecule has 0 fully saturated rings. The van der Waals surface area contributed by atoms with Gasteiger partial charge < -0.3 is 0 Å². The van der Waals surface area contributed by atoms with Crippen LogP contribution >= 0.6 is 0 Å². The van der Waals surface area contributed by atoms with E-state index in [1.807, 2.05) is 0 Å². The molecule has 0 bridgehead atoms. The Balaban J connectivity index is 1.74. The van der Waals surface area contributed by atoms with Crippen LogP contribution in [0.1, 0.15) is 103 Å². The molecular weight excluding hydrogens is 388 g/mol. The quantitative estimate of drug-likeness (QED) is 0.237. The molecule has 0 saturated carbocycles. The Morgan fingerprint density at radius 1 is 1.06 bits per heavy atom. The first kappa shape index (κ1) is 26.4. The highest BCUT2D eigenvalue weighted by Gasteiger charge is 2.18. The summed E-state index contributed by atoms with van der Waals surface area (Å²) < 4.78 is 0. The van der Waals surface area contributed by atoms with E-state index in [2.05, 4.69) is 76.3 Å². The number of rotatable bonds is 16. The normalized spacial score (nSPS) is 15.6. The summed E-state index contributed by atoms with van der Waals surface area (Å²) >= 11 is 0. The summed E-state index contributed by atoms with van der Waals surface area (Å²) in [5.41, 5.74) is 5.77. The Kier molecular flexibility index (Phi) is 12.4. The van der Waals surface area contributed by atoms with Crippen molar-refractivity contribution in [1.82, 2.24) is 0 Å². The topological polar surface area (TPSA) is 17.1 Å². The van der Waals surface area contributed by atoms with Gasteiger partial charge in [0.1, 0.15) is 5.78 Å². The van der Waals surface area contributed by atoms with Crippen LogP contribution in [0, 0.1) is 11.8 Å². The summed E-state index contributed by atoms with van der Waals surface area (Å²) in [5.74, 6) is 1.69. The highest BCUT2D eigenvalue weighted by molar-refractivity contribution is 5.78. The molecule has 0 N–H and O–H groups in total. The minimum Gasteiger partial charge on any atom is -0.300 e. The smallest absolute Gasteiger partial charge is 0.133 e. The van der Waals surface area contributed by atoms with Gasteiger partial charge in [0, 0.05) is 12.8 Å². The van der Waals surface area contributed by atoms with E-state index in [4.69, 9.17) is 0 Å². The van der Waals surface area contributed by atoms with Gasteiger partial charge in [0.25, 0.3) is 0 Å². The third kappa shape index (κ3) is 8.93. The molecule has 1 heteroatoms. The lowest BCUT2D eigenvalue weighted by Gasteiger charge is -2.22. The SMILES string of the molecule is CC=C(C1=CC=CC1)C(CCC)CCCCC(CC)CC(=O)CCc1cccc(CC)c1. The van der Waals surface area contributed by atoms with Crippen LogP contribution in [0.15, 0.2) is 59.7 Å². The zero-order valence-electron chi connectivity index (χ0n) is 21.2. The maximum absolute atomic E-state index is 12.6. The van der Waals surface area contributed by atoms with Crippen molar-refractivity contribution in [2.24, 2.45) is 11.8 Å². The first-order valence-corrected chi connectivity index (χ1v) is 13.2. The van der Waals surface area contributed by atoms with Crippen LogP contribution in [0.5, 0.6) is 0 Å². The molecule has 2 atom stereocenters. The van der Waals surface area contributed by atoms with E-state index in [1.165, 1.54) is 55.2 Å². The summed E-state index contributed by atoms with van der Waals surface area (Å²) in [5, 5.41) is 0. The number of aryl methyl sites for hydroxylation is 2. The monoisotopic (exact) mass is 434 g/mol. The maximum Gasteiger partial charge on any atom is 0.133 e. The standard InChI is InChI=1S/C31H46O/c1-5-14-28(31(8-4)29-19-11-12-20-29)18-10-9-15-26(7-3)24-30(32)22-21-27-17-13-16-25(6-2)23-27/h8,11-13,16-17,19,23,26,28H,5-7,9-10,14-15,18,20-22,24H2,1-4H3. The van der Waals surface area contributed by atoms with Crippen molar-refractivity contribution in [3.8, 4) is 0 Å². The molecule has 2 unspecified atom stereocenters. The highest BCUT2D eigenvalue weighted by Crippen LogP contribution is 2.33. The lowest BCUT2D eigenvalue weighted by Crippen LogP contribution is -2.10. The van der Waals surface area contributed by atoms with Crippen molar-refractivity contribution in [3.05, 3.63) is 70.8 Å². The van der Waals surface area contributed by atoms with Crippen molar-refractivity contribution in [2.75, 3.05) is 0 Å². The Morgan fingerprint density at radius 3 is 2.50 bits per heavy atom. The molecule has 0 aliphatic heterocycles. The van der Waals surface area contributed by atoms with Crippen molar-refractivity contribution < 1.29 is 4.79 Å². The van der Waals surface area contributed by atoms with Crippen LogP contribution in [0.4, 0.5) is 0 Å². The summed E-state index contributed by atoms with van der Waals surface area (Å²) in [4.78, 5) is 12.6. The summed E-state index contributed by atoms with van der Waals surface area (Å²) in [6.45, 7) is 8.94. The first-order valence-electron chi connectivity index (χ1n) is 13.2. The molecule has 1 aromatic rings. The molecule has 0 amide bonds. The van der Waals surface area contributed by atoms with Gasteiger partial charge in [-0.1, -0.05) is 101 Å². The number of carbonyl (C=O) groups excluding carboxylic acids is 1. The number of benzene rings is 1. The van der Waals surface area contributed by atoms with Crippen LogP contribution in [0.3, 0.4) is 0 Å². The number of unbranched alkanes of at least 4 members (excludes halogenated alkanes) is 1. The van der Waals surface area contributed by atoms with E-state index < -0.39 is 0 Å². The van der Waals surface area contributed by atoms with Gasteiger partial charge in [0.15, 0.2) is 0 Å². The average Bonchev–Trinajstić information content (AvgIpc) is 3.34. The molecule has 0 spiro atoms. The van der Waals surface area contributed by atoms with Gasteiger partial charge in [0.2, 0.25) is 0 Å². The number of allylic oxidation sites excluding steroid dienone is 6. The molecule has 32 heavy (non-hydrogen) atoms. The molecule has 0 radical (unpaired) electrons. The third-order valence-corrected chi connectivity index (χ3v) is 7.13. The molecule has 176 valence electrons. The predicted octanol–water partition coefficient (Wildman–Crippen LogP) is 8.98. The van der Waals surface area contributed by atoms with E-state index in [-0.39, 0.29) is 0 Å². The zero-order chi connectivity index (χ0) is 23.2. The number of carbonyl (C=O) groups is 1. The van der Waals surface area contributed by atoms with E-state index in [0.29, 0.717) is 24.0 Å². The fraction of sp³-hybridized carbons (Fsp3) is 0.581. The fourth-order valence-electron chi connectivity index (χ4n) is 5.14. The largest absolute Gasteiger partial charge is 0.300 e. The van der Waals surface area contributed by atoms with Gasteiger partial charge in [-0.25, -0.2) is 0 Å². The van der Waals surface area contributed by atoms with Crippen LogP contribution in [0.2, 0.25) is 0 Å². The Bertz CT molecular complexity index is 779. The molecular formula is C31H46O. The Labute approximate surface area is 198 Å². The molecule has 1 aliphatic rings. The lowest BCUT2D eigenvalue weighted by atomic mass is 9.83. The van der Waals surface area contributed by atoms with Crippen LogP contribution in [-0.2, 0) is 17.6 Å². The minimum absolute atomic E-state index is 0.444. The van der Waals surface area contributed by atoms with Crippen LogP contribution < -0.4 is 0 Å². The summed E-state index contributed by atoms with van der Waals surface area (Å²) in [7, 11) is 0. The van der Waals surface area contributed by atoms with Gasteiger partial charge in [-0.3, -0.25) is 4.79 Å². The minimum atomic E-state index is 0.444. The molecule has 2 rings (SSSR count). The van der Waals surface area contributed by atoms with E-state index >= 15 is 0 Å². The molecule has 0 aromatic heterocycles. The van der Waals surface area contributed by atoms with E-state index in [0.717, 1.165) is 32.1 Å². The van der Waals surface area contributed by atoms with Crippen molar-refractivity contribution >= 4 is 5.78 Å². The summed E-state index contributed by atoms with van der Waals surface area (Å²) in [6, 6.07) is 8.71.